The van der Waals surface area contributed by atoms with Gasteiger partial charge in [0.05, 0.1) is 35.5 Å². The Morgan fingerprint density at radius 1 is 0.558 bits per heavy atom. The van der Waals surface area contributed by atoms with Crippen molar-refractivity contribution in [2.45, 2.75) is 144 Å². The van der Waals surface area contributed by atoms with Crippen LogP contribution in [0.15, 0.2) is 52.6 Å². The lowest BCUT2D eigenvalue weighted by Gasteiger charge is -2.31. The van der Waals surface area contributed by atoms with Crippen LogP contribution in [0.5, 0.6) is 11.5 Å². The smallest absolute Gasteiger partial charge is 0.202 e. The van der Waals surface area contributed by atoms with Crippen LogP contribution in [0.1, 0.15) is 150 Å². The molecule has 1 aromatic rings. The third-order valence-electron chi connectivity index (χ3n) is 9.76. The molecule has 0 fully saturated rings. The van der Waals surface area contributed by atoms with Crippen molar-refractivity contribution in [3.8, 4) is 11.5 Å². The number of aromatic hydroxyl groups is 1. The Hall–Kier alpha value is -3.68. The largest absolute Gasteiger partial charge is 0.507 e. The molecule has 0 saturated heterocycles. The van der Waals surface area contributed by atoms with Gasteiger partial charge in [-0.15, -0.1) is 0 Å². The second-order valence-corrected chi connectivity index (χ2v) is 14.3. The standard InChI is InChI=1S/C44H68N2O6/c1-7-13-15-17-19-21-27-51-37-31-33(45(23-9-3)24-10-4)29-35(47)39(37)41-43(49)42(44(41)50)40-36(48)30-34(46(25-11-5)26-12-6)32-38(40)52-28-22-20-18-16-14-8-2/h29-32,47,49H,7-28H2,1-6H3. The summed E-state index contributed by atoms with van der Waals surface area (Å²) in [4.78, 5) is 32.4. The van der Waals surface area contributed by atoms with Crippen molar-refractivity contribution in [1.29, 1.82) is 0 Å². The van der Waals surface area contributed by atoms with Gasteiger partial charge in [-0.3, -0.25) is 9.59 Å². The number of allylic oxidation sites excluding steroid dienone is 5. The number of aliphatic hydroxyl groups is 1. The second-order valence-electron chi connectivity index (χ2n) is 14.3. The molecule has 0 unspecified atom stereocenters. The third-order valence-corrected chi connectivity index (χ3v) is 9.76. The van der Waals surface area contributed by atoms with E-state index in [1.54, 1.807) is 12.1 Å². The van der Waals surface area contributed by atoms with Crippen molar-refractivity contribution in [2.75, 3.05) is 44.3 Å². The SMILES string of the molecule is CCCCCCCCOC1=CC(N(CCC)CCC)=CC(=O)C1=C1C(=O)C(c2c(O)cc(N(CCC)CCC)cc2OCCCCCCCC)=C1O. The van der Waals surface area contributed by atoms with E-state index in [0.717, 1.165) is 102 Å². The van der Waals surface area contributed by atoms with Gasteiger partial charge in [0.15, 0.2) is 5.78 Å². The second kappa shape index (κ2) is 23.1. The number of benzene rings is 1. The highest BCUT2D eigenvalue weighted by molar-refractivity contribution is 6.42. The minimum atomic E-state index is -0.503. The number of phenolic OH excluding ortho intramolecular Hbond substituents is 1. The number of anilines is 1. The number of ketones is 2. The van der Waals surface area contributed by atoms with Crippen molar-refractivity contribution in [3.05, 3.63) is 58.2 Å². The van der Waals surface area contributed by atoms with Crippen LogP contribution < -0.4 is 9.64 Å². The number of ether oxygens (including phenoxy) is 2. The van der Waals surface area contributed by atoms with E-state index in [-0.39, 0.29) is 39.6 Å². The zero-order valence-corrected chi connectivity index (χ0v) is 33.3. The Balaban J connectivity index is 2.04. The molecule has 8 nitrogen and oxygen atoms in total. The van der Waals surface area contributed by atoms with Crippen LogP contribution in [-0.4, -0.2) is 66.1 Å². The molecule has 0 atom stereocenters. The van der Waals surface area contributed by atoms with Gasteiger partial charge < -0.3 is 29.5 Å². The van der Waals surface area contributed by atoms with Crippen molar-refractivity contribution >= 4 is 22.8 Å². The van der Waals surface area contributed by atoms with Gasteiger partial charge in [0, 0.05) is 61.8 Å². The van der Waals surface area contributed by atoms with Crippen LogP contribution in [-0.2, 0) is 14.3 Å². The minimum Gasteiger partial charge on any atom is -0.507 e. The highest BCUT2D eigenvalue weighted by Gasteiger charge is 2.43. The Labute approximate surface area is 314 Å². The Morgan fingerprint density at radius 2 is 1.08 bits per heavy atom. The first-order chi connectivity index (χ1) is 25.3. The number of Topliss-reactive ketones (excluding diaryl/α,β-unsaturated/α-hetero) is 1. The van der Waals surface area contributed by atoms with Gasteiger partial charge >= 0.3 is 0 Å². The molecule has 0 spiro atoms. The van der Waals surface area contributed by atoms with E-state index in [1.807, 2.05) is 12.1 Å². The van der Waals surface area contributed by atoms with Crippen LogP contribution in [0.2, 0.25) is 0 Å². The molecular formula is C44H68N2O6. The molecule has 0 radical (unpaired) electrons. The lowest BCUT2D eigenvalue weighted by Crippen LogP contribution is -2.30. The molecule has 290 valence electrons. The molecule has 0 aromatic heterocycles. The van der Waals surface area contributed by atoms with E-state index in [4.69, 9.17) is 9.47 Å². The molecule has 0 amide bonds. The maximum atomic E-state index is 14.1. The van der Waals surface area contributed by atoms with Gasteiger partial charge in [-0.1, -0.05) is 106 Å². The Bertz CT molecular complexity index is 1430. The van der Waals surface area contributed by atoms with Gasteiger partial charge in [-0.2, -0.15) is 0 Å². The molecule has 0 bridgehead atoms. The molecular weight excluding hydrogens is 652 g/mol. The Kier molecular flexibility index (Phi) is 19.0. The van der Waals surface area contributed by atoms with E-state index in [2.05, 4.69) is 51.3 Å². The maximum Gasteiger partial charge on any atom is 0.202 e. The average Bonchev–Trinajstić information content (AvgIpc) is 3.12. The first-order valence-electron chi connectivity index (χ1n) is 20.6. The highest BCUT2D eigenvalue weighted by atomic mass is 16.5. The van der Waals surface area contributed by atoms with Crippen LogP contribution in [0.4, 0.5) is 5.69 Å². The number of unbranched alkanes of at least 4 members (excludes halogenated alkanes) is 10. The molecule has 52 heavy (non-hydrogen) atoms. The van der Waals surface area contributed by atoms with Crippen molar-refractivity contribution in [2.24, 2.45) is 0 Å². The highest BCUT2D eigenvalue weighted by Crippen LogP contribution is 2.48. The van der Waals surface area contributed by atoms with Crippen LogP contribution in [0.3, 0.4) is 0 Å². The van der Waals surface area contributed by atoms with Gasteiger partial charge in [-0.05, 0) is 38.5 Å². The van der Waals surface area contributed by atoms with Crippen LogP contribution >= 0.6 is 0 Å². The number of nitrogens with zero attached hydrogens (tertiary/aromatic N) is 2. The molecule has 0 heterocycles. The molecule has 0 saturated carbocycles. The number of carbonyl (C=O) groups is 2. The summed E-state index contributed by atoms with van der Waals surface area (Å²) in [6.07, 6.45) is 20.3. The van der Waals surface area contributed by atoms with Crippen molar-refractivity contribution in [1.82, 2.24) is 4.90 Å². The molecule has 3 rings (SSSR count). The minimum absolute atomic E-state index is 0.0292. The van der Waals surface area contributed by atoms with E-state index < -0.39 is 5.78 Å². The van der Waals surface area contributed by atoms with Gasteiger partial charge in [-0.25, -0.2) is 0 Å². The van der Waals surface area contributed by atoms with E-state index in [0.29, 0.717) is 24.7 Å². The first kappa shape index (κ1) is 42.7. The molecule has 1 aromatic carbocycles. The lowest BCUT2D eigenvalue weighted by atomic mass is 9.78. The summed E-state index contributed by atoms with van der Waals surface area (Å²) in [7, 11) is 0. The summed E-state index contributed by atoms with van der Waals surface area (Å²) in [5, 5.41) is 23.2. The number of aliphatic hydroxyl groups excluding tert-OH is 1. The van der Waals surface area contributed by atoms with Crippen molar-refractivity contribution < 1.29 is 29.3 Å². The monoisotopic (exact) mass is 721 g/mol. The predicted molar refractivity (Wildman–Crippen MR) is 214 cm³/mol. The van der Waals surface area contributed by atoms with Crippen molar-refractivity contribution in [3.63, 3.8) is 0 Å². The summed E-state index contributed by atoms with van der Waals surface area (Å²) >= 11 is 0. The quantitative estimate of drug-likeness (QED) is 0.0684. The first-order valence-corrected chi connectivity index (χ1v) is 20.6. The predicted octanol–water partition coefficient (Wildman–Crippen LogP) is 10.8. The summed E-state index contributed by atoms with van der Waals surface area (Å²) in [5.41, 5.74) is 1.73. The number of carbonyl (C=O) groups excluding carboxylic acids is 2. The van der Waals surface area contributed by atoms with E-state index in [1.165, 1.54) is 38.5 Å². The summed E-state index contributed by atoms with van der Waals surface area (Å²) < 4.78 is 12.6. The number of hydrogen-bond donors (Lipinski definition) is 2. The van der Waals surface area contributed by atoms with E-state index in [9.17, 15) is 19.8 Å². The summed E-state index contributed by atoms with van der Waals surface area (Å²) in [6, 6.07) is 3.53. The fraction of sp³-hybridized carbons (Fsp3) is 0.636. The summed E-state index contributed by atoms with van der Waals surface area (Å²) in [6.45, 7) is 16.9. The molecule has 2 aliphatic carbocycles. The zero-order valence-electron chi connectivity index (χ0n) is 33.3. The number of hydrogen-bond acceptors (Lipinski definition) is 8. The lowest BCUT2D eigenvalue weighted by molar-refractivity contribution is -0.114. The number of rotatable bonds is 27. The van der Waals surface area contributed by atoms with E-state index >= 15 is 0 Å². The van der Waals surface area contributed by atoms with Gasteiger partial charge in [0.2, 0.25) is 5.78 Å². The molecule has 0 aliphatic heterocycles. The molecule has 2 aliphatic rings. The number of phenols is 1. The molecule has 2 N–H and O–H groups in total. The normalized spacial score (nSPS) is 15.8. The molecule has 8 heteroatoms. The fourth-order valence-electron chi connectivity index (χ4n) is 7.07. The maximum absolute atomic E-state index is 14.1. The third kappa shape index (κ3) is 11.7. The van der Waals surface area contributed by atoms with Crippen LogP contribution in [0.25, 0.3) is 5.57 Å². The van der Waals surface area contributed by atoms with Gasteiger partial charge in [0.1, 0.15) is 23.0 Å². The zero-order chi connectivity index (χ0) is 37.9. The summed E-state index contributed by atoms with van der Waals surface area (Å²) in [5.74, 6) is -0.635. The topological polar surface area (TPSA) is 99.5 Å². The average molecular weight is 721 g/mol. The fourth-order valence-corrected chi connectivity index (χ4v) is 7.07. The Morgan fingerprint density at radius 3 is 1.62 bits per heavy atom. The van der Waals surface area contributed by atoms with Crippen LogP contribution in [0, 0.1) is 0 Å². The van der Waals surface area contributed by atoms with Gasteiger partial charge in [0.25, 0.3) is 0 Å².